The van der Waals surface area contributed by atoms with E-state index in [9.17, 15) is 13.6 Å². The predicted molar refractivity (Wildman–Crippen MR) is 89.0 cm³/mol. The Labute approximate surface area is 147 Å². The van der Waals surface area contributed by atoms with Crippen LogP contribution in [0.1, 0.15) is 29.2 Å². The quantitative estimate of drug-likeness (QED) is 0.847. The van der Waals surface area contributed by atoms with Gasteiger partial charge in [0.05, 0.1) is 11.6 Å². The maximum Gasteiger partial charge on any atom is 0.387 e. The molecular formula is C16H17ClF2N4O2. The molecule has 3 rings (SSSR count). The van der Waals surface area contributed by atoms with Gasteiger partial charge < -0.3 is 15.8 Å². The summed E-state index contributed by atoms with van der Waals surface area (Å²) in [4.78, 5) is 11.8. The van der Waals surface area contributed by atoms with E-state index < -0.39 is 12.5 Å². The molecule has 3 N–H and O–H groups in total. The SMILES string of the molecule is NC(=O)c1cn(C2CCNCC2)nc1-c1cc(Cl)ccc1OC(F)F. The summed E-state index contributed by atoms with van der Waals surface area (Å²) in [5.74, 6) is -0.810. The third kappa shape index (κ3) is 3.91. The molecule has 9 heteroatoms. The largest absolute Gasteiger partial charge is 0.434 e. The molecular weight excluding hydrogens is 354 g/mol. The number of amides is 1. The van der Waals surface area contributed by atoms with Crippen LogP contribution in [-0.2, 0) is 0 Å². The van der Waals surface area contributed by atoms with E-state index in [2.05, 4.69) is 15.2 Å². The van der Waals surface area contributed by atoms with Gasteiger partial charge in [-0.2, -0.15) is 13.9 Å². The highest BCUT2D eigenvalue weighted by molar-refractivity contribution is 6.31. The number of benzene rings is 1. The molecule has 0 unspecified atom stereocenters. The molecule has 2 aromatic rings. The Morgan fingerprint density at radius 2 is 2.12 bits per heavy atom. The van der Waals surface area contributed by atoms with E-state index in [0.717, 1.165) is 25.9 Å². The zero-order valence-corrected chi connectivity index (χ0v) is 14.0. The lowest BCUT2D eigenvalue weighted by atomic mass is 10.1. The molecule has 0 bridgehead atoms. The van der Waals surface area contributed by atoms with Crippen molar-refractivity contribution in [3.8, 4) is 17.0 Å². The van der Waals surface area contributed by atoms with Gasteiger partial charge in [-0.3, -0.25) is 9.48 Å². The number of hydrogen-bond acceptors (Lipinski definition) is 4. The number of carbonyl (C=O) groups excluding carboxylic acids is 1. The number of alkyl halides is 2. The van der Waals surface area contributed by atoms with Crippen molar-refractivity contribution < 1.29 is 18.3 Å². The monoisotopic (exact) mass is 370 g/mol. The van der Waals surface area contributed by atoms with Crippen molar-refractivity contribution in [2.24, 2.45) is 5.73 Å². The second-order valence-corrected chi connectivity index (χ2v) is 6.17. The molecule has 25 heavy (non-hydrogen) atoms. The van der Waals surface area contributed by atoms with E-state index >= 15 is 0 Å². The number of hydrogen-bond donors (Lipinski definition) is 2. The summed E-state index contributed by atoms with van der Waals surface area (Å²) in [5, 5.41) is 7.99. The molecule has 1 fully saturated rings. The van der Waals surface area contributed by atoms with Crippen LogP contribution in [-0.4, -0.2) is 35.4 Å². The highest BCUT2D eigenvalue weighted by Crippen LogP contribution is 2.35. The lowest BCUT2D eigenvalue weighted by molar-refractivity contribution is -0.0494. The molecule has 1 aromatic carbocycles. The Balaban J connectivity index is 2.08. The Morgan fingerprint density at radius 3 is 2.76 bits per heavy atom. The summed E-state index contributed by atoms with van der Waals surface area (Å²) in [7, 11) is 0. The lowest BCUT2D eigenvalue weighted by Gasteiger charge is -2.22. The molecule has 0 aliphatic carbocycles. The van der Waals surface area contributed by atoms with Crippen LogP contribution in [0.4, 0.5) is 8.78 Å². The number of primary amides is 1. The van der Waals surface area contributed by atoms with Gasteiger partial charge in [0, 0.05) is 16.8 Å². The molecule has 0 radical (unpaired) electrons. The fourth-order valence-corrected chi connectivity index (χ4v) is 3.09. The topological polar surface area (TPSA) is 82.2 Å². The number of piperidine rings is 1. The zero-order chi connectivity index (χ0) is 18.0. The van der Waals surface area contributed by atoms with Crippen molar-refractivity contribution >= 4 is 17.5 Å². The van der Waals surface area contributed by atoms with Crippen LogP contribution in [0, 0.1) is 0 Å². The Morgan fingerprint density at radius 1 is 1.40 bits per heavy atom. The maximum atomic E-state index is 12.7. The molecule has 0 atom stereocenters. The number of rotatable bonds is 5. The predicted octanol–water partition coefficient (Wildman–Crippen LogP) is 2.83. The summed E-state index contributed by atoms with van der Waals surface area (Å²) in [6.07, 6.45) is 3.24. The second-order valence-electron chi connectivity index (χ2n) is 5.74. The summed E-state index contributed by atoms with van der Waals surface area (Å²) in [5.41, 5.74) is 5.98. The number of ether oxygens (including phenoxy) is 1. The minimum Gasteiger partial charge on any atom is -0.434 e. The molecule has 0 saturated carbocycles. The molecule has 1 amide bonds. The number of aromatic nitrogens is 2. The summed E-state index contributed by atoms with van der Waals surface area (Å²) in [6, 6.07) is 4.28. The summed E-state index contributed by atoms with van der Waals surface area (Å²) >= 11 is 5.99. The minimum absolute atomic E-state index is 0.103. The Kier molecular flexibility index (Phi) is 5.19. The number of carbonyl (C=O) groups is 1. The van der Waals surface area contributed by atoms with Gasteiger partial charge in [-0.25, -0.2) is 0 Å². The number of halogens is 3. The second kappa shape index (κ2) is 7.37. The zero-order valence-electron chi connectivity index (χ0n) is 13.2. The molecule has 134 valence electrons. The van der Waals surface area contributed by atoms with Gasteiger partial charge in [-0.1, -0.05) is 11.6 Å². The lowest BCUT2D eigenvalue weighted by Crippen LogP contribution is -2.29. The third-order valence-corrected chi connectivity index (χ3v) is 4.33. The van der Waals surface area contributed by atoms with E-state index in [1.165, 1.54) is 18.2 Å². The van der Waals surface area contributed by atoms with Gasteiger partial charge in [-0.05, 0) is 44.1 Å². The Bertz CT molecular complexity index is 775. The van der Waals surface area contributed by atoms with Crippen molar-refractivity contribution in [3.63, 3.8) is 0 Å². The highest BCUT2D eigenvalue weighted by Gasteiger charge is 2.24. The van der Waals surface area contributed by atoms with Gasteiger partial charge in [0.1, 0.15) is 11.4 Å². The summed E-state index contributed by atoms with van der Waals surface area (Å²) in [6.45, 7) is -1.34. The first-order valence-corrected chi connectivity index (χ1v) is 8.18. The molecule has 2 heterocycles. The van der Waals surface area contributed by atoms with Crippen LogP contribution in [0.25, 0.3) is 11.3 Å². The van der Waals surface area contributed by atoms with Gasteiger partial charge >= 0.3 is 6.61 Å². The van der Waals surface area contributed by atoms with E-state index in [4.69, 9.17) is 17.3 Å². The smallest absolute Gasteiger partial charge is 0.387 e. The first kappa shape index (κ1) is 17.6. The van der Waals surface area contributed by atoms with Crippen LogP contribution in [0.3, 0.4) is 0 Å². The summed E-state index contributed by atoms with van der Waals surface area (Å²) < 4.78 is 31.6. The van der Waals surface area contributed by atoms with E-state index in [-0.39, 0.29) is 28.6 Å². The average molecular weight is 371 g/mol. The van der Waals surface area contributed by atoms with Gasteiger partial charge in [0.2, 0.25) is 0 Å². The maximum absolute atomic E-state index is 12.7. The van der Waals surface area contributed by atoms with E-state index in [1.54, 1.807) is 10.9 Å². The Hall–Kier alpha value is -2.19. The van der Waals surface area contributed by atoms with Crippen LogP contribution >= 0.6 is 11.6 Å². The molecule has 0 spiro atoms. The standard InChI is InChI=1S/C16H17ClF2N4O2/c17-9-1-2-13(25-16(18)19)11(7-9)14-12(15(20)24)8-23(22-14)10-3-5-21-6-4-10/h1-2,7-8,10,16,21H,3-6H2,(H2,20,24). The van der Waals surface area contributed by atoms with E-state index in [1.807, 2.05) is 0 Å². The first-order chi connectivity index (χ1) is 12.0. The van der Waals surface area contributed by atoms with E-state index in [0.29, 0.717) is 5.02 Å². The minimum atomic E-state index is -3.01. The van der Waals surface area contributed by atoms with Gasteiger partial charge in [0.25, 0.3) is 5.91 Å². The molecule has 6 nitrogen and oxygen atoms in total. The van der Waals surface area contributed by atoms with Crippen molar-refractivity contribution in [2.75, 3.05) is 13.1 Å². The van der Waals surface area contributed by atoms with Crippen LogP contribution in [0.15, 0.2) is 24.4 Å². The highest BCUT2D eigenvalue weighted by atomic mass is 35.5. The normalized spacial score (nSPS) is 15.5. The molecule has 1 aliphatic rings. The first-order valence-electron chi connectivity index (χ1n) is 7.80. The number of nitrogens with one attached hydrogen (secondary N) is 1. The van der Waals surface area contributed by atoms with Crippen molar-refractivity contribution in [1.29, 1.82) is 0 Å². The van der Waals surface area contributed by atoms with Gasteiger partial charge in [-0.15, -0.1) is 0 Å². The fourth-order valence-electron chi connectivity index (χ4n) is 2.92. The number of nitrogens with zero attached hydrogens (tertiary/aromatic N) is 2. The molecule has 1 aromatic heterocycles. The van der Waals surface area contributed by atoms with Crippen LogP contribution < -0.4 is 15.8 Å². The average Bonchev–Trinajstić information content (AvgIpc) is 3.02. The molecule has 1 saturated heterocycles. The van der Waals surface area contributed by atoms with Crippen LogP contribution in [0.2, 0.25) is 5.02 Å². The third-order valence-electron chi connectivity index (χ3n) is 4.09. The van der Waals surface area contributed by atoms with Crippen LogP contribution in [0.5, 0.6) is 5.75 Å². The van der Waals surface area contributed by atoms with Crippen molar-refractivity contribution in [3.05, 3.63) is 35.0 Å². The number of nitrogens with two attached hydrogens (primary N) is 1. The van der Waals surface area contributed by atoms with Crippen molar-refractivity contribution in [1.82, 2.24) is 15.1 Å². The molecule has 1 aliphatic heterocycles. The fraction of sp³-hybridized carbons (Fsp3) is 0.375. The van der Waals surface area contributed by atoms with Gasteiger partial charge in [0.15, 0.2) is 0 Å². The van der Waals surface area contributed by atoms with Crippen molar-refractivity contribution in [2.45, 2.75) is 25.5 Å².